The number of fused-ring (bicyclic) bond motifs is 3. The number of carbonyl (C=O) groups excluding carboxylic acids is 1. The van der Waals surface area contributed by atoms with E-state index in [1.807, 2.05) is 42.5 Å². The number of hydrogen-bond acceptors (Lipinski definition) is 2. The molecule has 0 heterocycles. The lowest BCUT2D eigenvalue weighted by Crippen LogP contribution is -2.26. The molecular weight excluding hydrogens is 432 g/mol. The molecule has 3 aromatic carbocycles. The van der Waals surface area contributed by atoms with Crippen LogP contribution in [-0.2, 0) is 5.60 Å². The molecule has 3 aromatic rings. The van der Waals surface area contributed by atoms with E-state index in [1.54, 1.807) is 18.2 Å². The largest absolute Gasteiger partial charge is 0.376 e. The molecule has 1 N–H and O–H groups in total. The van der Waals surface area contributed by atoms with Crippen molar-refractivity contribution in [1.82, 2.24) is 0 Å². The maximum absolute atomic E-state index is 11.8. The normalized spacial score (nSPS) is 14.1. The molecule has 0 amide bonds. The van der Waals surface area contributed by atoms with Crippen LogP contribution >= 0.6 is 31.9 Å². The van der Waals surface area contributed by atoms with E-state index >= 15 is 0 Å². The minimum Gasteiger partial charge on any atom is -0.376 e. The minimum absolute atomic E-state index is 0.543. The average Bonchev–Trinajstić information content (AvgIpc) is 2.84. The van der Waals surface area contributed by atoms with Crippen LogP contribution in [0.5, 0.6) is 0 Å². The van der Waals surface area contributed by atoms with Gasteiger partial charge in [0.2, 0.25) is 0 Å². The van der Waals surface area contributed by atoms with Crippen molar-refractivity contribution in [2.45, 2.75) is 5.60 Å². The number of benzene rings is 3. The predicted molar refractivity (Wildman–Crippen MR) is 101 cm³/mol. The van der Waals surface area contributed by atoms with Crippen molar-refractivity contribution >= 4 is 38.1 Å². The number of rotatable bonds is 2. The molecule has 2 nitrogen and oxygen atoms in total. The fraction of sp³-hybridized carbons (Fsp3) is 0.0500. The molecule has 4 rings (SSSR count). The second kappa shape index (κ2) is 5.66. The van der Waals surface area contributed by atoms with E-state index in [2.05, 4.69) is 31.9 Å². The highest BCUT2D eigenvalue weighted by molar-refractivity contribution is 9.10. The van der Waals surface area contributed by atoms with E-state index in [9.17, 15) is 9.90 Å². The Balaban J connectivity index is 2.09. The quantitative estimate of drug-likeness (QED) is 0.546. The van der Waals surface area contributed by atoms with Gasteiger partial charge in [-0.2, -0.15) is 0 Å². The second-order valence-corrected chi connectivity index (χ2v) is 7.66. The highest BCUT2D eigenvalue weighted by Gasteiger charge is 2.43. The molecule has 0 unspecified atom stereocenters. The van der Waals surface area contributed by atoms with E-state index < -0.39 is 5.60 Å². The summed E-state index contributed by atoms with van der Waals surface area (Å²) in [7, 11) is 0. The number of carbonyl (C=O) groups is 1. The number of halogens is 2. The van der Waals surface area contributed by atoms with Crippen molar-refractivity contribution in [2.24, 2.45) is 0 Å². The molecule has 0 fully saturated rings. The fourth-order valence-corrected chi connectivity index (χ4v) is 4.12. The Kier molecular flexibility index (Phi) is 3.71. The standard InChI is InChI=1S/C20H12Br2O2/c21-14-4-6-16-17-7-5-15(22)10-19(17)20(24,18(16)9-14)13-3-1-2-12(8-13)11-23/h1-11,24H. The van der Waals surface area contributed by atoms with Crippen LogP contribution in [0.4, 0.5) is 0 Å². The van der Waals surface area contributed by atoms with Gasteiger partial charge in [-0.15, -0.1) is 0 Å². The van der Waals surface area contributed by atoms with Gasteiger partial charge in [0.1, 0.15) is 11.9 Å². The van der Waals surface area contributed by atoms with Crippen molar-refractivity contribution in [1.29, 1.82) is 0 Å². The van der Waals surface area contributed by atoms with Crippen molar-refractivity contribution in [3.63, 3.8) is 0 Å². The molecule has 0 spiro atoms. The molecule has 0 bridgehead atoms. The van der Waals surface area contributed by atoms with Gasteiger partial charge in [-0.1, -0.05) is 62.2 Å². The molecule has 1 aliphatic carbocycles. The molecule has 4 heteroatoms. The van der Waals surface area contributed by atoms with E-state index in [-0.39, 0.29) is 0 Å². The highest BCUT2D eigenvalue weighted by Crippen LogP contribution is 2.52. The zero-order valence-corrected chi connectivity index (χ0v) is 15.6. The molecule has 0 aromatic heterocycles. The number of aliphatic hydroxyl groups is 1. The molecule has 118 valence electrons. The summed E-state index contributed by atoms with van der Waals surface area (Å²) < 4.78 is 1.80. The van der Waals surface area contributed by atoms with Crippen LogP contribution in [0.2, 0.25) is 0 Å². The van der Waals surface area contributed by atoms with Crippen LogP contribution in [0.15, 0.2) is 69.6 Å². The maximum atomic E-state index is 11.8. The highest BCUT2D eigenvalue weighted by atomic mass is 79.9. The Morgan fingerprint density at radius 1 is 0.833 bits per heavy atom. The van der Waals surface area contributed by atoms with Crippen molar-refractivity contribution in [2.75, 3.05) is 0 Å². The first-order valence-electron chi connectivity index (χ1n) is 7.42. The van der Waals surface area contributed by atoms with Crippen molar-refractivity contribution in [3.05, 3.63) is 91.9 Å². The van der Waals surface area contributed by atoms with E-state index in [0.717, 1.165) is 37.5 Å². The summed E-state index contributed by atoms with van der Waals surface area (Å²) in [4.78, 5) is 11.2. The monoisotopic (exact) mass is 442 g/mol. The third kappa shape index (κ3) is 2.21. The van der Waals surface area contributed by atoms with Gasteiger partial charge in [0, 0.05) is 25.6 Å². The topological polar surface area (TPSA) is 37.3 Å². The van der Waals surface area contributed by atoms with Crippen LogP contribution in [0.1, 0.15) is 27.0 Å². The summed E-state index contributed by atoms with van der Waals surface area (Å²) in [6.07, 6.45) is 0.797. The number of hydrogen-bond donors (Lipinski definition) is 1. The Labute approximate surface area is 156 Å². The van der Waals surface area contributed by atoms with Crippen molar-refractivity contribution < 1.29 is 9.90 Å². The zero-order valence-electron chi connectivity index (χ0n) is 12.5. The first kappa shape index (κ1) is 15.8. The third-order valence-electron chi connectivity index (χ3n) is 4.47. The molecule has 0 radical (unpaired) electrons. The third-order valence-corrected chi connectivity index (χ3v) is 5.46. The van der Waals surface area contributed by atoms with Crippen LogP contribution in [0.3, 0.4) is 0 Å². The predicted octanol–water partition coefficient (Wildman–Crippen LogP) is 5.29. The lowest BCUT2D eigenvalue weighted by Gasteiger charge is -2.27. The lowest BCUT2D eigenvalue weighted by atomic mass is 9.84. The average molecular weight is 444 g/mol. The van der Waals surface area contributed by atoms with Gasteiger partial charge in [0.25, 0.3) is 0 Å². The Morgan fingerprint density at radius 3 is 1.96 bits per heavy atom. The molecule has 0 saturated carbocycles. The van der Waals surface area contributed by atoms with Crippen LogP contribution < -0.4 is 0 Å². The Hall–Kier alpha value is -1.75. The van der Waals surface area contributed by atoms with Gasteiger partial charge in [-0.3, -0.25) is 4.79 Å². The Bertz CT molecular complexity index is 928. The van der Waals surface area contributed by atoms with Gasteiger partial charge in [-0.05, 0) is 47.0 Å². The summed E-state index contributed by atoms with van der Waals surface area (Å²) in [6, 6.07) is 19.0. The fourth-order valence-electron chi connectivity index (χ4n) is 3.39. The van der Waals surface area contributed by atoms with Gasteiger partial charge in [0.05, 0.1) is 0 Å². The smallest absolute Gasteiger partial charge is 0.150 e. The minimum atomic E-state index is -1.29. The molecule has 1 aliphatic rings. The van der Waals surface area contributed by atoms with Crippen LogP contribution in [0, 0.1) is 0 Å². The lowest BCUT2D eigenvalue weighted by molar-refractivity contribution is 0.112. The van der Waals surface area contributed by atoms with Crippen LogP contribution in [-0.4, -0.2) is 11.4 Å². The van der Waals surface area contributed by atoms with Crippen molar-refractivity contribution in [3.8, 4) is 11.1 Å². The molecule has 0 aliphatic heterocycles. The number of aldehydes is 1. The summed E-state index contributed by atoms with van der Waals surface area (Å²) in [5.74, 6) is 0. The van der Waals surface area contributed by atoms with Gasteiger partial charge >= 0.3 is 0 Å². The summed E-state index contributed by atoms with van der Waals surface area (Å²) >= 11 is 7.00. The van der Waals surface area contributed by atoms with E-state index in [1.165, 1.54) is 0 Å². The van der Waals surface area contributed by atoms with Crippen LogP contribution in [0.25, 0.3) is 11.1 Å². The second-order valence-electron chi connectivity index (χ2n) is 5.83. The SMILES string of the molecule is O=Cc1cccc(C2(O)c3cc(Br)ccc3-c3ccc(Br)cc32)c1. The zero-order chi connectivity index (χ0) is 16.9. The maximum Gasteiger partial charge on any atom is 0.150 e. The molecule has 0 atom stereocenters. The molecule has 0 saturated heterocycles. The van der Waals surface area contributed by atoms with Gasteiger partial charge in [-0.25, -0.2) is 0 Å². The first-order valence-corrected chi connectivity index (χ1v) is 9.01. The summed E-state index contributed by atoms with van der Waals surface area (Å²) in [6.45, 7) is 0. The summed E-state index contributed by atoms with van der Waals surface area (Å²) in [5.41, 5.74) is 3.56. The van der Waals surface area contributed by atoms with Gasteiger partial charge in [0.15, 0.2) is 0 Å². The van der Waals surface area contributed by atoms with E-state index in [4.69, 9.17) is 0 Å². The van der Waals surface area contributed by atoms with Gasteiger partial charge < -0.3 is 5.11 Å². The van der Waals surface area contributed by atoms with E-state index in [0.29, 0.717) is 11.1 Å². The molecular formula is C20H12Br2O2. The summed E-state index contributed by atoms with van der Waals surface area (Å²) in [5, 5.41) is 11.8. The Morgan fingerprint density at radius 2 is 1.42 bits per heavy atom. The molecule has 24 heavy (non-hydrogen) atoms. The first-order chi connectivity index (χ1) is 11.5.